The van der Waals surface area contributed by atoms with Crippen LogP contribution in [-0.2, 0) is 19.5 Å². The third-order valence-electron chi connectivity index (χ3n) is 5.24. The Morgan fingerprint density at radius 1 is 1.23 bits per heavy atom. The maximum Gasteiger partial charge on any atom is 0.292 e. The molecule has 3 aromatic rings. The van der Waals surface area contributed by atoms with Gasteiger partial charge in [0.1, 0.15) is 5.56 Å². The number of hydrogen-bond acceptors (Lipinski definition) is 5. The Morgan fingerprint density at radius 2 is 2.00 bits per heavy atom. The zero-order chi connectivity index (χ0) is 21.3. The van der Waals surface area contributed by atoms with Gasteiger partial charge >= 0.3 is 0 Å². The fourth-order valence-corrected chi connectivity index (χ4v) is 3.76. The fraction of sp³-hybridized carbons (Fsp3) is 0.273. The Balaban J connectivity index is 1.73. The fourth-order valence-electron chi connectivity index (χ4n) is 3.76. The largest absolute Gasteiger partial charge is 0.355 e. The van der Waals surface area contributed by atoms with Crippen molar-refractivity contribution in [3.05, 3.63) is 86.7 Å². The molecule has 3 heterocycles. The van der Waals surface area contributed by atoms with Crippen molar-refractivity contribution in [3.63, 3.8) is 0 Å². The smallest absolute Gasteiger partial charge is 0.292 e. The first-order valence-electron chi connectivity index (χ1n) is 9.71. The van der Waals surface area contributed by atoms with Crippen LogP contribution in [0.3, 0.4) is 0 Å². The number of benzene rings is 1. The summed E-state index contributed by atoms with van der Waals surface area (Å²) in [6, 6.07) is 11.2. The van der Waals surface area contributed by atoms with Gasteiger partial charge in [-0.2, -0.15) is 0 Å². The van der Waals surface area contributed by atoms with Crippen LogP contribution in [0, 0.1) is 6.92 Å². The van der Waals surface area contributed by atoms with Crippen molar-refractivity contribution >= 4 is 11.8 Å². The predicted molar refractivity (Wildman–Crippen MR) is 109 cm³/mol. The van der Waals surface area contributed by atoms with Gasteiger partial charge in [-0.15, -0.1) is 0 Å². The molecule has 8 nitrogen and oxygen atoms in total. The lowest BCUT2D eigenvalue weighted by Crippen LogP contribution is -2.41. The third kappa shape index (κ3) is 3.63. The lowest BCUT2D eigenvalue weighted by atomic mass is 9.95. The molecule has 30 heavy (non-hydrogen) atoms. The Bertz CT molecular complexity index is 1160. The number of carbonyl (C=O) groups excluding carboxylic acids is 2. The van der Waals surface area contributed by atoms with Crippen molar-refractivity contribution in [3.8, 4) is 0 Å². The van der Waals surface area contributed by atoms with Crippen LogP contribution in [0.5, 0.6) is 0 Å². The van der Waals surface area contributed by atoms with E-state index in [4.69, 9.17) is 4.52 Å². The highest BCUT2D eigenvalue weighted by Crippen LogP contribution is 2.23. The predicted octanol–water partition coefficient (Wildman–Crippen LogP) is 1.75. The van der Waals surface area contributed by atoms with Crippen molar-refractivity contribution in [2.24, 2.45) is 0 Å². The summed E-state index contributed by atoms with van der Waals surface area (Å²) in [6.45, 7) is 2.76. The molecule has 2 aromatic heterocycles. The Hall–Kier alpha value is -3.68. The van der Waals surface area contributed by atoms with E-state index in [-0.39, 0.29) is 29.3 Å². The van der Waals surface area contributed by atoms with E-state index in [0.29, 0.717) is 30.8 Å². The summed E-state index contributed by atoms with van der Waals surface area (Å²) < 4.78 is 6.64. The zero-order valence-corrected chi connectivity index (χ0v) is 16.8. The SMILES string of the molecule is CNC(=O)c1c2c(cn(Cc3ccccc3)c1=O)CN(C(=O)c1cc(C)no1)CC2. The van der Waals surface area contributed by atoms with Gasteiger partial charge in [0.05, 0.1) is 12.2 Å². The number of aromatic nitrogens is 2. The average molecular weight is 406 g/mol. The maximum absolute atomic E-state index is 13.1. The number of fused-ring (bicyclic) bond motifs is 1. The first-order chi connectivity index (χ1) is 14.5. The van der Waals surface area contributed by atoms with Crippen LogP contribution in [0.25, 0.3) is 0 Å². The first kappa shape index (κ1) is 19.6. The molecule has 0 atom stereocenters. The first-order valence-corrected chi connectivity index (χ1v) is 9.71. The Morgan fingerprint density at radius 3 is 2.67 bits per heavy atom. The van der Waals surface area contributed by atoms with Crippen molar-refractivity contribution in [2.45, 2.75) is 26.4 Å². The summed E-state index contributed by atoms with van der Waals surface area (Å²) in [7, 11) is 1.51. The van der Waals surface area contributed by atoms with Crippen molar-refractivity contribution < 1.29 is 14.1 Å². The standard InChI is InChI=1S/C22H22N4O4/c1-14-10-18(30-24-14)21(28)25-9-8-17-16(12-25)13-26(11-15-6-4-3-5-7-15)22(29)19(17)20(27)23-2/h3-7,10,13H,8-9,11-12H2,1-2H3,(H,23,27). The molecular formula is C22H22N4O4. The number of amides is 2. The Kier molecular flexibility index (Phi) is 5.22. The van der Waals surface area contributed by atoms with Gasteiger partial charge in [-0.05, 0) is 30.0 Å². The van der Waals surface area contributed by atoms with E-state index in [1.165, 1.54) is 11.6 Å². The second-order valence-electron chi connectivity index (χ2n) is 7.31. The topological polar surface area (TPSA) is 97.4 Å². The minimum absolute atomic E-state index is 0.147. The average Bonchev–Trinajstić information content (AvgIpc) is 3.20. The molecule has 0 saturated carbocycles. The minimum atomic E-state index is -0.413. The number of pyridine rings is 1. The van der Waals surface area contributed by atoms with Gasteiger partial charge in [0.25, 0.3) is 17.4 Å². The van der Waals surface area contributed by atoms with Crippen LogP contribution in [0.15, 0.2) is 51.9 Å². The van der Waals surface area contributed by atoms with Gasteiger partial charge in [0.15, 0.2) is 0 Å². The van der Waals surface area contributed by atoms with Gasteiger partial charge < -0.3 is 19.3 Å². The molecular weight excluding hydrogens is 384 g/mol. The molecule has 0 radical (unpaired) electrons. The molecule has 0 saturated heterocycles. The second kappa shape index (κ2) is 7.98. The third-order valence-corrected chi connectivity index (χ3v) is 5.24. The maximum atomic E-state index is 13.1. The number of rotatable bonds is 4. The second-order valence-corrected chi connectivity index (χ2v) is 7.31. The van der Waals surface area contributed by atoms with E-state index in [2.05, 4.69) is 10.5 Å². The lowest BCUT2D eigenvalue weighted by molar-refractivity contribution is 0.0691. The normalized spacial score (nSPS) is 13.1. The molecule has 0 unspecified atom stereocenters. The zero-order valence-electron chi connectivity index (χ0n) is 16.8. The lowest BCUT2D eigenvalue weighted by Gasteiger charge is -2.29. The van der Waals surface area contributed by atoms with Crippen molar-refractivity contribution in [2.75, 3.05) is 13.6 Å². The van der Waals surface area contributed by atoms with Crippen LogP contribution in [-0.4, -0.2) is 40.0 Å². The molecule has 0 spiro atoms. The molecule has 154 valence electrons. The van der Waals surface area contributed by atoms with Gasteiger partial charge in [-0.1, -0.05) is 35.5 Å². The molecule has 1 aliphatic rings. The number of hydrogen-bond donors (Lipinski definition) is 1. The van der Waals surface area contributed by atoms with E-state index in [0.717, 1.165) is 11.1 Å². The molecule has 1 N–H and O–H groups in total. The molecule has 0 aliphatic carbocycles. The molecule has 2 amide bonds. The highest BCUT2D eigenvalue weighted by Gasteiger charge is 2.29. The van der Waals surface area contributed by atoms with Gasteiger partial charge in [-0.3, -0.25) is 14.4 Å². The molecule has 0 fully saturated rings. The summed E-state index contributed by atoms with van der Waals surface area (Å²) >= 11 is 0. The summed E-state index contributed by atoms with van der Waals surface area (Å²) in [5, 5.41) is 6.35. The monoisotopic (exact) mass is 406 g/mol. The summed E-state index contributed by atoms with van der Waals surface area (Å²) in [5.74, 6) is -0.493. The van der Waals surface area contributed by atoms with Crippen LogP contribution < -0.4 is 10.9 Å². The van der Waals surface area contributed by atoms with Crippen LogP contribution in [0.4, 0.5) is 0 Å². The van der Waals surface area contributed by atoms with Crippen LogP contribution in [0.1, 0.15) is 43.3 Å². The molecule has 4 rings (SSSR count). The number of nitrogens with zero attached hydrogens (tertiary/aromatic N) is 3. The van der Waals surface area contributed by atoms with Crippen molar-refractivity contribution in [1.82, 2.24) is 19.9 Å². The van der Waals surface area contributed by atoms with E-state index < -0.39 is 5.91 Å². The van der Waals surface area contributed by atoms with E-state index >= 15 is 0 Å². The number of aryl methyl sites for hydroxylation is 1. The quantitative estimate of drug-likeness (QED) is 0.712. The summed E-state index contributed by atoms with van der Waals surface area (Å²) in [6.07, 6.45) is 2.17. The number of carbonyl (C=O) groups is 2. The molecule has 8 heteroatoms. The molecule has 1 aromatic carbocycles. The summed E-state index contributed by atoms with van der Waals surface area (Å²) in [4.78, 5) is 40.0. The molecule has 1 aliphatic heterocycles. The van der Waals surface area contributed by atoms with Crippen LogP contribution in [0.2, 0.25) is 0 Å². The highest BCUT2D eigenvalue weighted by molar-refractivity contribution is 5.96. The number of nitrogens with one attached hydrogen (secondary N) is 1. The van der Waals surface area contributed by atoms with Crippen molar-refractivity contribution in [1.29, 1.82) is 0 Å². The highest BCUT2D eigenvalue weighted by atomic mass is 16.5. The van der Waals surface area contributed by atoms with E-state index in [1.54, 1.807) is 24.1 Å². The van der Waals surface area contributed by atoms with E-state index in [9.17, 15) is 14.4 Å². The van der Waals surface area contributed by atoms with Crippen LogP contribution >= 0.6 is 0 Å². The Labute approximate surface area is 173 Å². The van der Waals surface area contributed by atoms with Gasteiger partial charge in [0, 0.05) is 32.4 Å². The minimum Gasteiger partial charge on any atom is -0.355 e. The van der Waals surface area contributed by atoms with Gasteiger partial charge in [-0.25, -0.2) is 0 Å². The van der Waals surface area contributed by atoms with Gasteiger partial charge in [0.2, 0.25) is 5.76 Å². The summed E-state index contributed by atoms with van der Waals surface area (Å²) in [5.41, 5.74) is 2.87. The molecule has 0 bridgehead atoms. The van der Waals surface area contributed by atoms with E-state index in [1.807, 2.05) is 30.3 Å².